The Balaban J connectivity index is 1.43. The Morgan fingerprint density at radius 1 is 0.833 bits per heavy atom. The summed E-state index contributed by atoms with van der Waals surface area (Å²) in [5.74, 6) is 0.765. The molecule has 4 nitrogen and oxygen atoms in total. The molecule has 0 fully saturated rings. The number of aromatic amines is 1. The van der Waals surface area contributed by atoms with Gasteiger partial charge in [-0.3, -0.25) is 0 Å². The van der Waals surface area contributed by atoms with Gasteiger partial charge in [-0.2, -0.15) is 0 Å². The van der Waals surface area contributed by atoms with Gasteiger partial charge in [0.15, 0.2) is 0 Å². The number of imidazole rings is 1. The van der Waals surface area contributed by atoms with E-state index in [-0.39, 0.29) is 0 Å². The topological polar surface area (TPSA) is 42.8 Å². The van der Waals surface area contributed by atoms with Gasteiger partial charge >= 0.3 is 0 Å². The molecule has 36 heavy (non-hydrogen) atoms. The lowest BCUT2D eigenvalue weighted by molar-refractivity contribution is 0.309. The van der Waals surface area contributed by atoms with Crippen LogP contribution in [0.5, 0.6) is 5.75 Å². The van der Waals surface area contributed by atoms with Gasteiger partial charge < -0.3 is 14.3 Å². The van der Waals surface area contributed by atoms with Gasteiger partial charge in [-0.15, -0.1) is 0 Å². The molecule has 4 aromatic carbocycles. The van der Waals surface area contributed by atoms with E-state index >= 15 is 0 Å². The first-order valence-corrected chi connectivity index (χ1v) is 12.5. The summed E-state index contributed by atoms with van der Waals surface area (Å²) in [4.78, 5) is 8.15. The number of fused-ring (bicyclic) bond motifs is 2. The zero-order valence-electron chi connectivity index (χ0n) is 19.3. The van der Waals surface area contributed by atoms with Crippen molar-refractivity contribution in [2.75, 3.05) is 0 Å². The largest absolute Gasteiger partial charge is 0.487 e. The maximum absolute atomic E-state index is 6.42. The second-order valence-corrected chi connectivity index (χ2v) is 9.48. The molecule has 2 aromatic heterocycles. The molecule has 0 aliphatic carbocycles. The number of hydrogen-bond donors (Lipinski definition) is 1. The second kappa shape index (κ2) is 9.61. The van der Waals surface area contributed by atoms with Gasteiger partial charge in [0.1, 0.15) is 17.0 Å². The Bertz CT molecular complexity index is 1760. The van der Waals surface area contributed by atoms with Crippen LogP contribution in [-0.4, -0.2) is 14.5 Å². The summed E-state index contributed by atoms with van der Waals surface area (Å²) in [6, 6.07) is 32.4. The third-order valence-corrected chi connectivity index (χ3v) is 6.94. The number of rotatable bonds is 6. The molecule has 0 saturated carbocycles. The minimum absolute atomic E-state index is 0.479. The van der Waals surface area contributed by atoms with Crippen LogP contribution in [0.15, 0.2) is 103 Å². The van der Waals surface area contributed by atoms with E-state index in [0.29, 0.717) is 17.8 Å². The average molecular weight is 508 g/mol. The first-order chi connectivity index (χ1) is 17.7. The van der Waals surface area contributed by atoms with E-state index in [1.807, 2.05) is 60.9 Å². The van der Waals surface area contributed by atoms with E-state index < -0.39 is 0 Å². The van der Waals surface area contributed by atoms with Crippen molar-refractivity contribution < 1.29 is 4.74 Å². The van der Waals surface area contributed by atoms with Crippen molar-refractivity contribution in [2.45, 2.75) is 13.2 Å². The van der Waals surface area contributed by atoms with Crippen molar-refractivity contribution >= 4 is 45.8 Å². The lowest BCUT2D eigenvalue weighted by atomic mass is 9.99. The SMILES string of the molecule is S=c1ccc2c(-c3cccc4c3ncn4Cc3ccccc3Cl)ccc(OCc3ccccc3)c2[nH]1. The van der Waals surface area contributed by atoms with Crippen molar-refractivity contribution in [1.29, 1.82) is 0 Å². The number of nitrogens with zero attached hydrogens (tertiary/aromatic N) is 2. The highest BCUT2D eigenvalue weighted by Crippen LogP contribution is 2.37. The van der Waals surface area contributed by atoms with E-state index in [0.717, 1.165) is 55.0 Å². The van der Waals surface area contributed by atoms with Crippen molar-refractivity contribution in [2.24, 2.45) is 0 Å². The van der Waals surface area contributed by atoms with Crippen LogP contribution in [0.2, 0.25) is 5.02 Å². The standard InChI is InChI=1S/C30H22ClN3OS/c31-25-11-5-4-9-21(25)17-34-19-32-29-23(10-6-12-26(29)34)22-13-15-27(30-24(22)14-16-28(36)33-30)35-18-20-7-2-1-3-8-20/h1-16,19H,17-18H2,(H,33,36). The summed E-state index contributed by atoms with van der Waals surface area (Å²) in [7, 11) is 0. The molecule has 6 heteroatoms. The molecule has 0 aliphatic rings. The summed E-state index contributed by atoms with van der Waals surface area (Å²) in [5, 5.41) is 1.78. The number of halogens is 1. The molecule has 0 aliphatic heterocycles. The maximum atomic E-state index is 6.42. The van der Waals surface area contributed by atoms with Crippen LogP contribution in [0.4, 0.5) is 0 Å². The molecule has 6 rings (SSSR count). The summed E-state index contributed by atoms with van der Waals surface area (Å²) in [6.07, 6.45) is 1.88. The number of pyridine rings is 1. The van der Waals surface area contributed by atoms with Crippen LogP contribution in [0, 0.1) is 4.64 Å². The molecule has 0 saturated heterocycles. The second-order valence-electron chi connectivity index (χ2n) is 8.63. The molecular formula is C30H22ClN3OS. The summed E-state index contributed by atoms with van der Waals surface area (Å²) in [5.41, 5.74) is 7.15. The van der Waals surface area contributed by atoms with E-state index in [4.69, 9.17) is 33.5 Å². The highest BCUT2D eigenvalue weighted by Gasteiger charge is 2.15. The van der Waals surface area contributed by atoms with Crippen molar-refractivity contribution in [3.63, 3.8) is 0 Å². The molecule has 6 aromatic rings. The van der Waals surface area contributed by atoms with Crippen molar-refractivity contribution in [3.8, 4) is 16.9 Å². The quantitative estimate of drug-likeness (QED) is 0.231. The average Bonchev–Trinajstić information content (AvgIpc) is 3.32. The van der Waals surface area contributed by atoms with E-state index in [1.54, 1.807) is 0 Å². The van der Waals surface area contributed by atoms with Gasteiger partial charge in [0.2, 0.25) is 0 Å². The third-order valence-electron chi connectivity index (χ3n) is 6.33. The molecule has 176 valence electrons. The number of hydrogen-bond acceptors (Lipinski definition) is 3. The Labute approximate surface area is 218 Å². The molecule has 0 amide bonds. The lowest BCUT2D eigenvalue weighted by Gasteiger charge is -2.14. The van der Waals surface area contributed by atoms with Crippen LogP contribution < -0.4 is 4.74 Å². The van der Waals surface area contributed by atoms with Gasteiger partial charge in [-0.25, -0.2) is 4.98 Å². The smallest absolute Gasteiger partial charge is 0.143 e. The summed E-state index contributed by atoms with van der Waals surface area (Å²) >= 11 is 11.9. The zero-order chi connectivity index (χ0) is 24.5. The number of H-pyrrole nitrogens is 1. The molecule has 0 bridgehead atoms. The Hall–Kier alpha value is -3.93. The third kappa shape index (κ3) is 4.28. The number of aromatic nitrogens is 3. The van der Waals surface area contributed by atoms with E-state index in [1.165, 1.54) is 0 Å². The molecule has 1 N–H and O–H groups in total. The summed E-state index contributed by atoms with van der Waals surface area (Å²) in [6.45, 7) is 1.13. The van der Waals surface area contributed by atoms with Crippen LogP contribution in [0.1, 0.15) is 11.1 Å². The Kier molecular flexibility index (Phi) is 6.01. The van der Waals surface area contributed by atoms with Gasteiger partial charge in [0.05, 0.1) is 29.4 Å². The van der Waals surface area contributed by atoms with Crippen LogP contribution in [-0.2, 0) is 13.2 Å². The fourth-order valence-corrected chi connectivity index (χ4v) is 4.92. The fraction of sp³-hybridized carbons (Fsp3) is 0.0667. The Morgan fingerprint density at radius 3 is 2.53 bits per heavy atom. The van der Waals surface area contributed by atoms with Gasteiger partial charge in [-0.1, -0.05) is 84.5 Å². The first kappa shape index (κ1) is 22.5. The molecule has 0 atom stereocenters. The van der Waals surface area contributed by atoms with Crippen LogP contribution in [0.3, 0.4) is 0 Å². The van der Waals surface area contributed by atoms with Gasteiger partial charge in [0, 0.05) is 16.0 Å². The number of benzene rings is 4. The fourth-order valence-electron chi connectivity index (χ4n) is 4.56. The monoisotopic (exact) mass is 507 g/mol. The summed E-state index contributed by atoms with van der Waals surface area (Å²) < 4.78 is 9.00. The van der Waals surface area contributed by atoms with E-state index in [9.17, 15) is 0 Å². The number of para-hydroxylation sites is 1. The molecule has 2 heterocycles. The molecular weight excluding hydrogens is 486 g/mol. The molecule has 0 radical (unpaired) electrons. The minimum Gasteiger partial charge on any atom is -0.487 e. The Morgan fingerprint density at radius 2 is 1.67 bits per heavy atom. The highest BCUT2D eigenvalue weighted by atomic mass is 35.5. The zero-order valence-corrected chi connectivity index (χ0v) is 20.9. The van der Waals surface area contributed by atoms with Gasteiger partial charge in [-0.05, 0) is 53.1 Å². The number of nitrogens with one attached hydrogen (secondary N) is 1. The predicted molar refractivity (Wildman–Crippen MR) is 149 cm³/mol. The number of ether oxygens (including phenoxy) is 1. The molecule has 0 spiro atoms. The predicted octanol–water partition coefficient (Wildman–Crippen LogP) is 8.19. The highest BCUT2D eigenvalue weighted by molar-refractivity contribution is 7.71. The molecule has 0 unspecified atom stereocenters. The minimum atomic E-state index is 0.479. The normalized spacial score (nSPS) is 11.2. The van der Waals surface area contributed by atoms with E-state index in [2.05, 4.69) is 52.0 Å². The van der Waals surface area contributed by atoms with Crippen molar-refractivity contribution in [3.05, 3.63) is 124 Å². The first-order valence-electron chi connectivity index (χ1n) is 11.7. The van der Waals surface area contributed by atoms with Gasteiger partial charge in [0.25, 0.3) is 0 Å². The van der Waals surface area contributed by atoms with Crippen molar-refractivity contribution in [1.82, 2.24) is 14.5 Å². The van der Waals surface area contributed by atoms with Crippen LogP contribution >= 0.6 is 23.8 Å². The maximum Gasteiger partial charge on any atom is 0.143 e. The van der Waals surface area contributed by atoms with Crippen LogP contribution in [0.25, 0.3) is 33.1 Å². The lowest BCUT2D eigenvalue weighted by Crippen LogP contribution is -1.99.